The van der Waals surface area contributed by atoms with E-state index in [0.717, 1.165) is 5.56 Å². The number of carbonyl (C=O) groups is 2. The van der Waals surface area contributed by atoms with Crippen LogP contribution in [0, 0.1) is 5.92 Å². The molecule has 0 aromatic heterocycles. The van der Waals surface area contributed by atoms with E-state index in [1.807, 2.05) is 0 Å². The topological polar surface area (TPSA) is 69.6 Å². The molecule has 1 aromatic carbocycles. The molecule has 1 saturated carbocycles. The number of benzene rings is 1. The second kappa shape index (κ2) is 5.94. The quantitative estimate of drug-likeness (QED) is 0.867. The number of amides is 2. The lowest BCUT2D eigenvalue weighted by Crippen LogP contribution is -2.43. The Balaban J connectivity index is 1.89. The standard InChI is InChI=1S/C15H20N2O3/c1-10(12-6-7-12)17(2)15(20)16-9-11-4-3-5-13(8-11)14(18)19/h3-5,8,10,12H,6-7,9H2,1-2H3,(H,16,20)(H,18,19). The molecule has 0 saturated heterocycles. The van der Waals surface area contributed by atoms with Gasteiger partial charge in [0.25, 0.3) is 0 Å². The summed E-state index contributed by atoms with van der Waals surface area (Å²) in [6, 6.07) is 6.73. The number of nitrogens with one attached hydrogen (secondary N) is 1. The third kappa shape index (κ3) is 3.50. The largest absolute Gasteiger partial charge is 0.478 e. The minimum Gasteiger partial charge on any atom is -0.478 e. The van der Waals surface area contributed by atoms with Crippen LogP contribution in [0.15, 0.2) is 24.3 Å². The average Bonchev–Trinajstić information content (AvgIpc) is 3.28. The number of rotatable bonds is 5. The second-order valence-corrected chi connectivity index (χ2v) is 5.35. The molecule has 1 fully saturated rings. The molecule has 0 bridgehead atoms. The van der Waals surface area contributed by atoms with Crippen molar-refractivity contribution in [2.75, 3.05) is 7.05 Å². The number of carbonyl (C=O) groups excluding carboxylic acids is 1. The molecule has 1 aliphatic carbocycles. The van der Waals surface area contributed by atoms with Crippen molar-refractivity contribution in [1.29, 1.82) is 0 Å². The minimum absolute atomic E-state index is 0.120. The first kappa shape index (κ1) is 14.4. The van der Waals surface area contributed by atoms with Gasteiger partial charge in [-0.1, -0.05) is 12.1 Å². The van der Waals surface area contributed by atoms with E-state index in [1.54, 1.807) is 30.1 Å². The van der Waals surface area contributed by atoms with Crippen LogP contribution in [0.2, 0.25) is 0 Å². The monoisotopic (exact) mass is 276 g/mol. The van der Waals surface area contributed by atoms with E-state index in [2.05, 4.69) is 12.2 Å². The van der Waals surface area contributed by atoms with E-state index in [1.165, 1.54) is 18.9 Å². The van der Waals surface area contributed by atoms with Crippen LogP contribution in [-0.4, -0.2) is 35.1 Å². The lowest BCUT2D eigenvalue weighted by molar-refractivity contribution is 0.0696. The van der Waals surface area contributed by atoms with Crippen molar-refractivity contribution >= 4 is 12.0 Å². The van der Waals surface area contributed by atoms with E-state index in [0.29, 0.717) is 12.5 Å². The number of urea groups is 1. The van der Waals surface area contributed by atoms with Gasteiger partial charge in [0.05, 0.1) is 5.56 Å². The van der Waals surface area contributed by atoms with Crippen molar-refractivity contribution in [1.82, 2.24) is 10.2 Å². The normalized spacial score (nSPS) is 15.5. The van der Waals surface area contributed by atoms with Crippen molar-refractivity contribution < 1.29 is 14.7 Å². The SMILES string of the molecule is CC(C1CC1)N(C)C(=O)NCc1cccc(C(=O)O)c1. The van der Waals surface area contributed by atoms with Gasteiger partial charge < -0.3 is 15.3 Å². The number of carboxylic acid groups (broad SMARTS) is 1. The molecule has 1 atom stereocenters. The molecular weight excluding hydrogens is 256 g/mol. The lowest BCUT2D eigenvalue weighted by atomic mass is 10.1. The van der Waals surface area contributed by atoms with E-state index in [9.17, 15) is 9.59 Å². The zero-order valence-corrected chi connectivity index (χ0v) is 11.8. The first-order valence-electron chi connectivity index (χ1n) is 6.82. The van der Waals surface area contributed by atoms with Gasteiger partial charge in [0.2, 0.25) is 0 Å². The van der Waals surface area contributed by atoms with E-state index < -0.39 is 5.97 Å². The average molecular weight is 276 g/mol. The molecule has 0 radical (unpaired) electrons. The summed E-state index contributed by atoms with van der Waals surface area (Å²) in [6.45, 7) is 2.39. The maximum Gasteiger partial charge on any atom is 0.335 e. The maximum atomic E-state index is 12.0. The Bertz CT molecular complexity index is 512. The predicted octanol–water partition coefficient (Wildman–Crippen LogP) is 2.32. The molecular formula is C15H20N2O3. The number of hydrogen-bond acceptors (Lipinski definition) is 2. The Kier molecular flexibility index (Phi) is 4.27. The summed E-state index contributed by atoms with van der Waals surface area (Å²) in [7, 11) is 1.80. The Morgan fingerprint density at radius 3 is 2.75 bits per heavy atom. The van der Waals surface area contributed by atoms with Gasteiger partial charge in [-0.05, 0) is 43.4 Å². The summed E-state index contributed by atoms with van der Waals surface area (Å²) in [6.07, 6.45) is 2.39. The number of aromatic carboxylic acids is 1. The van der Waals surface area contributed by atoms with E-state index in [4.69, 9.17) is 5.11 Å². The molecule has 1 aliphatic rings. The first-order chi connectivity index (χ1) is 9.49. The van der Waals surface area contributed by atoms with Crippen LogP contribution in [0.5, 0.6) is 0 Å². The molecule has 2 N–H and O–H groups in total. The van der Waals surface area contributed by atoms with Crippen molar-refractivity contribution in [3.05, 3.63) is 35.4 Å². The molecule has 108 valence electrons. The van der Waals surface area contributed by atoms with Crippen molar-refractivity contribution in [3.63, 3.8) is 0 Å². The molecule has 2 rings (SSSR count). The molecule has 2 amide bonds. The smallest absolute Gasteiger partial charge is 0.335 e. The highest BCUT2D eigenvalue weighted by Crippen LogP contribution is 2.34. The summed E-state index contributed by atoms with van der Waals surface area (Å²) < 4.78 is 0. The number of carboxylic acids is 1. The molecule has 0 heterocycles. The van der Waals surface area contributed by atoms with Gasteiger partial charge in [-0.3, -0.25) is 0 Å². The zero-order valence-electron chi connectivity index (χ0n) is 11.8. The Labute approximate surface area is 118 Å². The van der Waals surface area contributed by atoms with Gasteiger partial charge in [0, 0.05) is 19.6 Å². The highest BCUT2D eigenvalue weighted by molar-refractivity contribution is 5.87. The van der Waals surface area contributed by atoms with Gasteiger partial charge in [0.15, 0.2) is 0 Å². The molecule has 0 spiro atoms. The fourth-order valence-electron chi connectivity index (χ4n) is 2.20. The van der Waals surface area contributed by atoms with Crippen LogP contribution >= 0.6 is 0 Å². The van der Waals surface area contributed by atoms with Gasteiger partial charge in [-0.2, -0.15) is 0 Å². The molecule has 0 aliphatic heterocycles. The number of hydrogen-bond donors (Lipinski definition) is 2. The minimum atomic E-state index is -0.961. The van der Waals surface area contributed by atoms with Crippen LogP contribution in [0.4, 0.5) is 4.79 Å². The summed E-state index contributed by atoms with van der Waals surface area (Å²) in [5.41, 5.74) is 1.02. The van der Waals surface area contributed by atoms with Crippen LogP contribution < -0.4 is 5.32 Å². The lowest BCUT2D eigenvalue weighted by Gasteiger charge is -2.25. The molecule has 20 heavy (non-hydrogen) atoms. The fraction of sp³-hybridized carbons (Fsp3) is 0.467. The van der Waals surface area contributed by atoms with Crippen molar-refractivity contribution in [2.45, 2.75) is 32.4 Å². The van der Waals surface area contributed by atoms with E-state index >= 15 is 0 Å². The van der Waals surface area contributed by atoms with Crippen LogP contribution in [0.1, 0.15) is 35.7 Å². The maximum absolute atomic E-state index is 12.0. The van der Waals surface area contributed by atoms with Crippen molar-refractivity contribution in [3.8, 4) is 0 Å². The summed E-state index contributed by atoms with van der Waals surface area (Å²) in [5.74, 6) is -0.335. The van der Waals surface area contributed by atoms with Gasteiger partial charge in [-0.25, -0.2) is 9.59 Å². The van der Waals surface area contributed by atoms with Gasteiger partial charge in [-0.15, -0.1) is 0 Å². The summed E-state index contributed by atoms with van der Waals surface area (Å²) in [4.78, 5) is 24.6. The van der Waals surface area contributed by atoms with Gasteiger partial charge >= 0.3 is 12.0 Å². The fourth-order valence-corrected chi connectivity index (χ4v) is 2.20. The molecule has 5 heteroatoms. The Morgan fingerprint density at radius 2 is 2.15 bits per heavy atom. The second-order valence-electron chi connectivity index (χ2n) is 5.35. The number of nitrogens with zero attached hydrogens (tertiary/aromatic N) is 1. The third-order valence-corrected chi connectivity index (χ3v) is 3.85. The zero-order chi connectivity index (χ0) is 14.7. The highest BCUT2D eigenvalue weighted by Gasteiger charge is 2.32. The van der Waals surface area contributed by atoms with Crippen LogP contribution in [-0.2, 0) is 6.54 Å². The van der Waals surface area contributed by atoms with Crippen LogP contribution in [0.3, 0.4) is 0 Å². The summed E-state index contributed by atoms with van der Waals surface area (Å²) in [5, 5.41) is 11.7. The predicted molar refractivity (Wildman–Crippen MR) is 75.6 cm³/mol. The molecule has 1 unspecified atom stereocenters. The van der Waals surface area contributed by atoms with E-state index in [-0.39, 0.29) is 17.6 Å². The third-order valence-electron chi connectivity index (χ3n) is 3.85. The Morgan fingerprint density at radius 1 is 1.45 bits per heavy atom. The molecule has 5 nitrogen and oxygen atoms in total. The van der Waals surface area contributed by atoms with Crippen molar-refractivity contribution in [2.24, 2.45) is 5.92 Å². The first-order valence-corrected chi connectivity index (χ1v) is 6.82. The summed E-state index contributed by atoms with van der Waals surface area (Å²) >= 11 is 0. The van der Waals surface area contributed by atoms with Crippen LogP contribution in [0.25, 0.3) is 0 Å². The Hall–Kier alpha value is -2.04. The molecule has 1 aromatic rings. The van der Waals surface area contributed by atoms with Gasteiger partial charge in [0.1, 0.15) is 0 Å². The highest BCUT2D eigenvalue weighted by atomic mass is 16.4.